The van der Waals surface area contributed by atoms with Gasteiger partial charge in [-0.15, -0.1) is 0 Å². The van der Waals surface area contributed by atoms with Gasteiger partial charge < -0.3 is 9.73 Å². The minimum absolute atomic E-state index is 0.218. The second-order valence-corrected chi connectivity index (χ2v) is 4.39. The van der Waals surface area contributed by atoms with Crippen LogP contribution in [0.4, 0.5) is 0 Å². The zero-order chi connectivity index (χ0) is 14.5. The predicted molar refractivity (Wildman–Crippen MR) is 77.3 cm³/mol. The summed E-state index contributed by atoms with van der Waals surface area (Å²) in [7, 11) is 0. The molecule has 3 rings (SSSR count). The van der Waals surface area contributed by atoms with Gasteiger partial charge in [0.05, 0.1) is 6.26 Å². The van der Waals surface area contributed by atoms with Crippen molar-refractivity contribution in [2.75, 3.05) is 0 Å². The van der Waals surface area contributed by atoms with Gasteiger partial charge in [0.25, 0.3) is 5.91 Å². The summed E-state index contributed by atoms with van der Waals surface area (Å²) in [6.07, 6.45) is 4.88. The average Bonchev–Trinajstić information content (AvgIpc) is 3.08. The fourth-order valence-electron chi connectivity index (χ4n) is 1.98. The monoisotopic (exact) mass is 279 g/mol. The number of pyridine rings is 2. The first-order valence-corrected chi connectivity index (χ1v) is 6.51. The van der Waals surface area contributed by atoms with Crippen molar-refractivity contribution in [2.45, 2.75) is 6.54 Å². The number of amides is 1. The molecular weight excluding hydrogens is 266 g/mol. The van der Waals surface area contributed by atoms with Crippen molar-refractivity contribution < 1.29 is 9.21 Å². The van der Waals surface area contributed by atoms with E-state index >= 15 is 0 Å². The average molecular weight is 279 g/mol. The Morgan fingerprint density at radius 3 is 2.71 bits per heavy atom. The molecule has 1 N–H and O–H groups in total. The molecule has 104 valence electrons. The van der Waals surface area contributed by atoms with Gasteiger partial charge in [-0.3, -0.25) is 14.8 Å². The van der Waals surface area contributed by atoms with E-state index in [1.54, 1.807) is 42.9 Å². The van der Waals surface area contributed by atoms with E-state index in [-0.39, 0.29) is 5.91 Å². The molecule has 0 spiro atoms. The van der Waals surface area contributed by atoms with E-state index in [0.29, 0.717) is 18.0 Å². The van der Waals surface area contributed by atoms with Crippen LogP contribution in [0.15, 0.2) is 65.5 Å². The molecule has 5 heteroatoms. The molecule has 1 amide bonds. The van der Waals surface area contributed by atoms with Crippen LogP contribution in [0.1, 0.15) is 16.1 Å². The third-order valence-corrected chi connectivity index (χ3v) is 2.98. The molecule has 3 aromatic rings. The van der Waals surface area contributed by atoms with Crippen LogP contribution in [0.5, 0.6) is 0 Å². The summed E-state index contributed by atoms with van der Waals surface area (Å²) in [5, 5.41) is 2.83. The minimum atomic E-state index is -0.218. The van der Waals surface area contributed by atoms with Crippen molar-refractivity contribution in [1.82, 2.24) is 15.3 Å². The third-order valence-electron chi connectivity index (χ3n) is 2.98. The number of rotatable bonds is 4. The van der Waals surface area contributed by atoms with Crippen LogP contribution in [-0.4, -0.2) is 15.9 Å². The highest BCUT2D eigenvalue weighted by molar-refractivity contribution is 5.92. The molecule has 0 saturated carbocycles. The van der Waals surface area contributed by atoms with Gasteiger partial charge in [-0.05, 0) is 30.3 Å². The first kappa shape index (κ1) is 13.1. The Labute approximate surface area is 121 Å². The van der Waals surface area contributed by atoms with Crippen LogP contribution in [0.2, 0.25) is 0 Å². The predicted octanol–water partition coefficient (Wildman–Crippen LogP) is 2.67. The van der Waals surface area contributed by atoms with Crippen molar-refractivity contribution in [3.05, 3.63) is 72.4 Å². The molecule has 0 aliphatic rings. The van der Waals surface area contributed by atoms with Crippen LogP contribution in [0.25, 0.3) is 11.5 Å². The normalized spacial score (nSPS) is 10.3. The lowest BCUT2D eigenvalue weighted by atomic mass is 10.1. The second kappa shape index (κ2) is 6.00. The number of aromatic nitrogens is 2. The lowest BCUT2D eigenvalue weighted by Crippen LogP contribution is -2.24. The second-order valence-electron chi connectivity index (χ2n) is 4.39. The van der Waals surface area contributed by atoms with Crippen molar-refractivity contribution in [3.63, 3.8) is 0 Å². The Bertz CT molecular complexity index is 724. The Balaban J connectivity index is 1.76. The first-order chi connectivity index (χ1) is 10.3. The molecule has 0 aliphatic heterocycles. The van der Waals surface area contributed by atoms with Crippen LogP contribution < -0.4 is 5.32 Å². The molecular formula is C16H13N3O2. The summed E-state index contributed by atoms with van der Waals surface area (Å²) >= 11 is 0. The smallest absolute Gasteiger partial charge is 0.270 e. The highest BCUT2D eigenvalue weighted by atomic mass is 16.3. The quantitative estimate of drug-likeness (QED) is 0.797. The summed E-state index contributed by atoms with van der Waals surface area (Å²) in [5.41, 5.74) is 2.00. The zero-order valence-electron chi connectivity index (χ0n) is 11.2. The zero-order valence-corrected chi connectivity index (χ0v) is 11.2. The van der Waals surface area contributed by atoms with Gasteiger partial charge in [-0.2, -0.15) is 0 Å². The maximum Gasteiger partial charge on any atom is 0.270 e. The van der Waals surface area contributed by atoms with E-state index in [2.05, 4.69) is 15.3 Å². The van der Waals surface area contributed by atoms with E-state index < -0.39 is 0 Å². The van der Waals surface area contributed by atoms with Gasteiger partial charge in [0.1, 0.15) is 11.4 Å². The summed E-state index contributed by atoms with van der Waals surface area (Å²) in [6, 6.07) is 12.6. The van der Waals surface area contributed by atoms with Crippen LogP contribution in [0.3, 0.4) is 0 Å². The highest BCUT2D eigenvalue weighted by Gasteiger charge is 2.11. The largest absolute Gasteiger partial charge is 0.463 e. The molecule has 0 fully saturated rings. The van der Waals surface area contributed by atoms with Gasteiger partial charge in [-0.1, -0.05) is 12.1 Å². The summed E-state index contributed by atoms with van der Waals surface area (Å²) in [4.78, 5) is 20.3. The number of nitrogens with one attached hydrogen (secondary N) is 1. The number of carbonyl (C=O) groups excluding carboxylic acids is 1. The molecule has 0 saturated heterocycles. The maximum atomic E-state index is 12.0. The van der Waals surface area contributed by atoms with Crippen molar-refractivity contribution in [3.8, 4) is 11.5 Å². The van der Waals surface area contributed by atoms with Crippen LogP contribution in [0, 0.1) is 0 Å². The van der Waals surface area contributed by atoms with E-state index in [4.69, 9.17) is 4.42 Å². The van der Waals surface area contributed by atoms with Crippen LogP contribution >= 0.6 is 0 Å². The Kier molecular flexibility index (Phi) is 3.73. The van der Waals surface area contributed by atoms with Gasteiger partial charge in [-0.25, -0.2) is 0 Å². The first-order valence-electron chi connectivity index (χ1n) is 6.51. The maximum absolute atomic E-state index is 12.0. The van der Waals surface area contributed by atoms with Gasteiger partial charge in [0.15, 0.2) is 5.76 Å². The SMILES string of the molecule is O=C(NCc1cccnc1-c1ccco1)c1ccccn1. The number of furan rings is 1. The molecule has 0 aromatic carbocycles. The molecule has 5 nitrogen and oxygen atoms in total. The molecule has 3 heterocycles. The minimum Gasteiger partial charge on any atom is -0.463 e. The van der Waals surface area contributed by atoms with E-state index in [1.807, 2.05) is 18.2 Å². The van der Waals surface area contributed by atoms with Crippen molar-refractivity contribution >= 4 is 5.91 Å². The molecule has 0 aliphatic carbocycles. The van der Waals surface area contributed by atoms with E-state index in [1.165, 1.54) is 0 Å². The Morgan fingerprint density at radius 1 is 1.05 bits per heavy atom. The molecule has 0 bridgehead atoms. The Morgan fingerprint density at radius 2 is 1.95 bits per heavy atom. The number of hydrogen-bond acceptors (Lipinski definition) is 4. The lowest BCUT2D eigenvalue weighted by Gasteiger charge is -2.08. The number of nitrogens with zero attached hydrogens (tertiary/aromatic N) is 2. The molecule has 0 unspecified atom stereocenters. The van der Waals surface area contributed by atoms with Gasteiger partial charge in [0, 0.05) is 24.5 Å². The van der Waals surface area contributed by atoms with Crippen molar-refractivity contribution in [1.29, 1.82) is 0 Å². The number of hydrogen-bond donors (Lipinski definition) is 1. The number of carbonyl (C=O) groups is 1. The standard InChI is InChI=1S/C16H13N3O2/c20-16(13-6-1-2-8-17-13)19-11-12-5-3-9-18-15(12)14-7-4-10-21-14/h1-10H,11H2,(H,19,20). The van der Waals surface area contributed by atoms with Crippen LogP contribution in [-0.2, 0) is 6.54 Å². The van der Waals surface area contributed by atoms with Gasteiger partial charge in [0.2, 0.25) is 0 Å². The van der Waals surface area contributed by atoms with E-state index in [9.17, 15) is 4.79 Å². The summed E-state index contributed by atoms with van der Waals surface area (Å²) < 4.78 is 5.36. The molecule has 0 atom stereocenters. The Hall–Kier alpha value is -2.95. The highest BCUT2D eigenvalue weighted by Crippen LogP contribution is 2.21. The fourth-order valence-corrected chi connectivity index (χ4v) is 1.98. The fraction of sp³-hybridized carbons (Fsp3) is 0.0625. The lowest BCUT2D eigenvalue weighted by molar-refractivity contribution is 0.0946. The molecule has 0 radical (unpaired) electrons. The summed E-state index contributed by atoms with van der Waals surface area (Å²) in [5.74, 6) is 0.461. The molecule has 21 heavy (non-hydrogen) atoms. The van der Waals surface area contributed by atoms with E-state index in [0.717, 1.165) is 11.3 Å². The summed E-state index contributed by atoms with van der Waals surface area (Å²) in [6.45, 7) is 0.360. The topological polar surface area (TPSA) is 68.0 Å². The van der Waals surface area contributed by atoms with Gasteiger partial charge >= 0.3 is 0 Å². The molecule has 3 aromatic heterocycles. The van der Waals surface area contributed by atoms with Crippen molar-refractivity contribution in [2.24, 2.45) is 0 Å². The third kappa shape index (κ3) is 2.97.